The van der Waals surface area contributed by atoms with Crippen molar-refractivity contribution in [2.45, 2.75) is 18.7 Å². The lowest BCUT2D eigenvalue weighted by atomic mass is 10.2. The molecule has 0 aliphatic carbocycles. The quantitative estimate of drug-likeness (QED) is 0.802. The molecule has 0 amide bonds. The number of sulfonamides is 1. The lowest BCUT2D eigenvalue weighted by Gasteiger charge is -2.10. The molecule has 17 heavy (non-hydrogen) atoms. The Balaban J connectivity index is 2.99. The van der Waals surface area contributed by atoms with Gasteiger partial charge in [0.25, 0.3) is 0 Å². The normalized spacial score (nSPS) is 11.7. The summed E-state index contributed by atoms with van der Waals surface area (Å²) in [4.78, 5) is 10.6. The van der Waals surface area contributed by atoms with Gasteiger partial charge in [-0.2, -0.15) is 0 Å². The fourth-order valence-electron chi connectivity index (χ4n) is 1.15. The van der Waals surface area contributed by atoms with Crippen LogP contribution in [0.15, 0.2) is 29.2 Å². The van der Waals surface area contributed by atoms with Gasteiger partial charge in [0.15, 0.2) is 0 Å². The first-order valence-corrected chi connectivity index (χ1v) is 6.62. The van der Waals surface area contributed by atoms with E-state index in [9.17, 15) is 18.3 Å². The Kier molecular flexibility index (Phi) is 4.25. The van der Waals surface area contributed by atoms with Gasteiger partial charge in [-0.15, -0.1) is 0 Å². The van der Waals surface area contributed by atoms with Crippen LogP contribution in [0.4, 0.5) is 0 Å². The molecule has 94 valence electrons. The Bertz CT molecular complexity index is 508. The maximum absolute atomic E-state index is 11.8. The highest BCUT2D eigenvalue weighted by Crippen LogP contribution is 2.11. The van der Waals surface area contributed by atoms with Gasteiger partial charge in [0.2, 0.25) is 10.0 Å². The average molecular weight is 256 g/mol. The third-order valence-corrected chi connectivity index (χ3v) is 3.48. The van der Waals surface area contributed by atoms with Crippen LogP contribution < -0.4 is 9.83 Å². The van der Waals surface area contributed by atoms with E-state index in [4.69, 9.17) is 0 Å². The highest BCUT2D eigenvalue weighted by Gasteiger charge is 2.14. The van der Waals surface area contributed by atoms with Crippen LogP contribution in [-0.4, -0.2) is 20.9 Å². The summed E-state index contributed by atoms with van der Waals surface area (Å²) in [6.45, 7) is 4.05. The van der Waals surface area contributed by atoms with Crippen LogP contribution in [0.5, 0.6) is 0 Å². The topological polar surface area (TPSA) is 86.3 Å². The zero-order chi connectivity index (χ0) is 13.1. The second-order valence-electron chi connectivity index (χ2n) is 4.06. The standard InChI is InChI=1S/C11H15NO4S/c1-8(2)7-12-17(15,16)10-5-3-4-9(6-10)11(13)14/h3-6,8,12H,7H2,1-2H3,(H,13,14)/p-1. The molecule has 0 bridgehead atoms. The van der Waals surface area contributed by atoms with Gasteiger partial charge in [-0.3, -0.25) is 0 Å². The largest absolute Gasteiger partial charge is 0.545 e. The number of carbonyl (C=O) groups is 1. The Morgan fingerprint density at radius 1 is 1.41 bits per heavy atom. The number of hydrogen-bond donors (Lipinski definition) is 1. The summed E-state index contributed by atoms with van der Waals surface area (Å²) in [5.74, 6) is -1.22. The molecule has 0 aliphatic heterocycles. The molecule has 0 atom stereocenters. The van der Waals surface area contributed by atoms with Crippen molar-refractivity contribution in [2.75, 3.05) is 6.54 Å². The van der Waals surface area contributed by atoms with Crippen molar-refractivity contribution in [1.82, 2.24) is 4.72 Å². The van der Waals surface area contributed by atoms with Crippen molar-refractivity contribution in [3.63, 3.8) is 0 Å². The number of benzene rings is 1. The zero-order valence-corrected chi connectivity index (χ0v) is 10.5. The van der Waals surface area contributed by atoms with Crippen LogP contribution in [0.3, 0.4) is 0 Å². The monoisotopic (exact) mass is 256 g/mol. The number of rotatable bonds is 5. The molecule has 1 aromatic carbocycles. The van der Waals surface area contributed by atoms with Gasteiger partial charge in [-0.1, -0.05) is 26.0 Å². The summed E-state index contributed by atoms with van der Waals surface area (Å²) in [5, 5.41) is 10.6. The first kappa shape index (κ1) is 13.7. The van der Waals surface area contributed by atoms with E-state index in [-0.39, 0.29) is 16.4 Å². The first-order valence-electron chi connectivity index (χ1n) is 5.14. The van der Waals surface area contributed by atoms with Crippen molar-refractivity contribution in [2.24, 2.45) is 5.92 Å². The summed E-state index contributed by atoms with van der Waals surface area (Å²) >= 11 is 0. The summed E-state index contributed by atoms with van der Waals surface area (Å²) in [5.41, 5.74) is -0.155. The van der Waals surface area contributed by atoms with Crippen LogP contribution in [0.25, 0.3) is 0 Å². The number of hydrogen-bond acceptors (Lipinski definition) is 4. The summed E-state index contributed by atoms with van der Waals surface area (Å²) in [7, 11) is -3.65. The van der Waals surface area contributed by atoms with Gasteiger partial charge < -0.3 is 9.90 Å². The maximum atomic E-state index is 11.8. The highest BCUT2D eigenvalue weighted by atomic mass is 32.2. The SMILES string of the molecule is CC(C)CNS(=O)(=O)c1cccc(C(=O)[O-])c1. The number of nitrogens with one attached hydrogen (secondary N) is 1. The molecule has 0 saturated carbocycles. The third kappa shape index (κ3) is 3.83. The first-order chi connectivity index (χ1) is 7.83. The molecule has 5 nitrogen and oxygen atoms in total. The van der Waals surface area contributed by atoms with Gasteiger partial charge in [-0.05, 0) is 23.6 Å². The molecule has 1 rings (SSSR count). The summed E-state index contributed by atoms with van der Waals surface area (Å²) < 4.78 is 26.0. The van der Waals surface area contributed by atoms with Crippen molar-refractivity contribution in [3.05, 3.63) is 29.8 Å². The predicted molar refractivity (Wildman–Crippen MR) is 60.8 cm³/mol. The van der Waals surface area contributed by atoms with Crippen LogP contribution in [0, 0.1) is 5.92 Å². The van der Waals surface area contributed by atoms with E-state index >= 15 is 0 Å². The zero-order valence-electron chi connectivity index (χ0n) is 9.64. The number of carboxylic acids is 1. The molecule has 0 fully saturated rings. The molecule has 0 unspecified atom stereocenters. The highest BCUT2D eigenvalue weighted by molar-refractivity contribution is 7.89. The van der Waals surface area contributed by atoms with Crippen LogP contribution >= 0.6 is 0 Å². The van der Waals surface area contributed by atoms with E-state index in [1.807, 2.05) is 13.8 Å². The van der Waals surface area contributed by atoms with E-state index in [0.29, 0.717) is 6.54 Å². The summed E-state index contributed by atoms with van der Waals surface area (Å²) in [6.07, 6.45) is 0. The van der Waals surface area contributed by atoms with E-state index in [1.165, 1.54) is 18.2 Å². The molecule has 1 aromatic rings. The summed E-state index contributed by atoms with van der Waals surface area (Å²) in [6, 6.07) is 5.08. The maximum Gasteiger partial charge on any atom is 0.240 e. The fourth-order valence-corrected chi connectivity index (χ4v) is 2.41. The number of carbonyl (C=O) groups excluding carboxylic acids is 1. The van der Waals surface area contributed by atoms with Crippen molar-refractivity contribution < 1.29 is 18.3 Å². The van der Waals surface area contributed by atoms with Gasteiger partial charge in [0.05, 0.1) is 10.9 Å². The van der Waals surface area contributed by atoms with Gasteiger partial charge >= 0.3 is 0 Å². The molecule has 0 heterocycles. The van der Waals surface area contributed by atoms with Crippen LogP contribution in [0.2, 0.25) is 0 Å². The molecule has 0 radical (unpaired) electrons. The minimum Gasteiger partial charge on any atom is -0.545 e. The fraction of sp³-hybridized carbons (Fsp3) is 0.364. The van der Waals surface area contributed by atoms with Crippen molar-refractivity contribution >= 4 is 16.0 Å². The Labute approximate surface area is 101 Å². The molecular formula is C11H14NO4S-. The van der Waals surface area contributed by atoms with Crippen LogP contribution in [0.1, 0.15) is 24.2 Å². The van der Waals surface area contributed by atoms with Crippen molar-refractivity contribution in [1.29, 1.82) is 0 Å². The minimum absolute atomic E-state index is 0.0696. The number of aromatic carboxylic acids is 1. The van der Waals surface area contributed by atoms with Crippen molar-refractivity contribution in [3.8, 4) is 0 Å². The van der Waals surface area contributed by atoms with E-state index < -0.39 is 16.0 Å². The van der Waals surface area contributed by atoms with E-state index in [1.54, 1.807) is 0 Å². The molecular weight excluding hydrogens is 242 g/mol. The number of carboxylic acid groups (broad SMARTS) is 1. The predicted octanol–water partition coefficient (Wildman–Crippen LogP) is -0.0156. The molecule has 0 saturated heterocycles. The smallest absolute Gasteiger partial charge is 0.240 e. The Morgan fingerprint density at radius 2 is 2.06 bits per heavy atom. The molecule has 1 N–H and O–H groups in total. The average Bonchev–Trinajstić information content (AvgIpc) is 2.27. The second kappa shape index (κ2) is 5.29. The van der Waals surface area contributed by atoms with Gasteiger partial charge in [0, 0.05) is 6.54 Å². The van der Waals surface area contributed by atoms with E-state index in [0.717, 1.165) is 6.07 Å². The Morgan fingerprint density at radius 3 is 2.59 bits per heavy atom. The molecule has 0 aromatic heterocycles. The molecule has 0 spiro atoms. The van der Waals surface area contributed by atoms with Crippen LogP contribution in [-0.2, 0) is 10.0 Å². The molecule has 0 aliphatic rings. The van der Waals surface area contributed by atoms with Gasteiger partial charge in [-0.25, -0.2) is 13.1 Å². The van der Waals surface area contributed by atoms with E-state index in [2.05, 4.69) is 4.72 Å². The minimum atomic E-state index is -3.65. The lowest BCUT2D eigenvalue weighted by Crippen LogP contribution is -2.28. The Hall–Kier alpha value is -1.40. The lowest BCUT2D eigenvalue weighted by molar-refractivity contribution is -0.255. The third-order valence-electron chi connectivity index (χ3n) is 2.06. The van der Waals surface area contributed by atoms with Gasteiger partial charge in [0.1, 0.15) is 0 Å². The second-order valence-corrected chi connectivity index (χ2v) is 5.83. The molecule has 6 heteroatoms.